The summed E-state index contributed by atoms with van der Waals surface area (Å²) in [5.41, 5.74) is 6.22. The number of aromatic hydroxyl groups is 1. The number of phenolic OH excluding ortho intramolecular Hbond substituents is 1. The summed E-state index contributed by atoms with van der Waals surface area (Å²) in [5, 5.41) is 18.5. The van der Waals surface area contributed by atoms with Crippen molar-refractivity contribution in [2.24, 2.45) is 5.73 Å². The number of phenols is 1. The fraction of sp³-hybridized carbons (Fsp3) is 0.333. The second kappa shape index (κ2) is 4.60. The average molecular weight is 246 g/mol. The van der Waals surface area contributed by atoms with E-state index in [0.29, 0.717) is 10.9 Å². The Labute approximate surface area is 85.3 Å². The first-order valence-corrected chi connectivity index (χ1v) is 4.78. The van der Waals surface area contributed by atoms with E-state index in [2.05, 4.69) is 15.9 Å². The second-order valence-electron chi connectivity index (χ2n) is 2.88. The lowest BCUT2D eigenvalue weighted by Crippen LogP contribution is -2.21. The van der Waals surface area contributed by atoms with Crippen LogP contribution in [-0.2, 0) is 6.42 Å². The van der Waals surface area contributed by atoms with E-state index < -0.39 is 6.10 Å². The van der Waals surface area contributed by atoms with Crippen molar-refractivity contribution in [3.63, 3.8) is 0 Å². The molecule has 0 amide bonds. The highest BCUT2D eigenvalue weighted by Crippen LogP contribution is 2.24. The van der Waals surface area contributed by atoms with Crippen LogP contribution in [0.2, 0.25) is 0 Å². The van der Waals surface area contributed by atoms with Gasteiger partial charge in [0, 0.05) is 6.54 Å². The van der Waals surface area contributed by atoms with Gasteiger partial charge in [-0.3, -0.25) is 0 Å². The SMILES string of the molecule is NCC(O)Cc1ccc(O)c(Br)c1. The van der Waals surface area contributed by atoms with E-state index >= 15 is 0 Å². The third-order valence-corrected chi connectivity index (χ3v) is 2.39. The van der Waals surface area contributed by atoms with Gasteiger partial charge in [-0.2, -0.15) is 0 Å². The lowest BCUT2D eigenvalue weighted by atomic mass is 10.1. The summed E-state index contributed by atoms with van der Waals surface area (Å²) in [6, 6.07) is 5.12. The Bertz CT molecular complexity index is 291. The molecule has 3 nitrogen and oxygen atoms in total. The maximum atomic E-state index is 9.27. The van der Waals surface area contributed by atoms with Crippen LogP contribution >= 0.6 is 15.9 Å². The fourth-order valence-corrected chi connectivity index (χ4v) is 1.46. The maximum absolute atomic E-state index is 9.27. The van der Waals surface area contributed by atoms with Crippen molar-refractivity contribution in [3.05, 3.63) is 28.2 Å². The molecule has 13 heavy (non-hydrogen) atoms. The van der Waals surface area contributed by atoms with Crippen molar-refractivity contribution in [2.45, 2.75) is 12.5 Å². The predicted octanol–water partition coefficient (Wildman–Crippen LogP) is 1.02. The number of nitrogens with two attached hydrogens (primary N) is 1. The minimum absolute atomic E-state index is 0.200. The van der Waals surface area contributed by atoms with Gasteiger partial charge in [-0.25, -0.2) is 0 Å². The second-order valence-corrected chi connectivity index (χ2v) is 3.73. The molecule has 0 heterocycles. The monoisotopic (exact) mass is 245 g/mol. The maximum Gasteiger partial charge on any atom is 0.129 e. The van der Waals surface area contributed by atoms with Crippen LogP contribution in [0.4, 0.5) is 0 Å². The van der Waals surface area contributed by atoms with E-state index in [4.69, 9.17) is 5.73 Å². The molecule has 1 aromatic carbocycles. The topological polar surface area (TPSA) is 66.5 Å². The van der Waals surface area contributed by atoms with Crippen molar-refractivity contribution in [1.82, 2.24) is 0 Å². The summed E-state index contributed by atoms with van der Waals surface area (Å²) in [6.07, 6.45) is -0.00788. The number of halogens is 1. The van der Waals surface area contributed by atoms with Gasteiger partial charge in [0.05, 0.1) is 10.6 Å². The molecular formula is C9H12BrNO2. The van der Waals surface area contributed by atoms with Crippen LogP contribution in [0, 0.1) is 0 Å². The van der Waals surface area contributed by atoms with Crippen molar-refractivity contribution < 1.29 is 10.2 Å². The number of benzene rings is 1. The van der Waals surface area contributed by atoms with Gasteiger partial charge < -0.3 is 15.9 Å². The minimum atomic E-state index is -0.517. The molecule has 0 spiro atoms. The van der Waals surface area contributed by atoms with Gasteiger partial charge in [-0.05, 0) is 40.0 Å². The van der Waals surface area contributed by atoms with Crippen LogP contribution in [0.5, 0.6) is 5.75 Å². The quantitative estimate of drug-likeness (QED) is 0.745. The lowest BCUT2D eigenvalue weighted by Gasteiger charge is -2.08. The zero-order chi connectivity index (χ0) is 9.84. The largest absolute Gasteiger partial charge is 0.507 e. The molecule has 0 aliphatic heterocycles. The smallest absolute Gasteiger partial charge is 0.129 e. The molecule has 0 radical (unpaired) electrons. The minimum Gasteiger partial charge on any atom is -0.507 e. The van der Waals surface area contributed by atoms with E-state index in [1.807, 2.05) is 0 Å². The zero-order valence-electron chi connectivity index (χ0n) is 7.07. The van der Waals surface area contributed by atoms with Gasteiger partial charge in [0.2, 0.25) is 0 Å². The Kier molecular flexibility index (Phi) is 3.71. The molecule has 1 unspecified atom stereocenters. The molecule has 72 valence electrons. The number of aliphatic hydroxyl groups is 1. The summed E-state index contributed by atoms with van der Waals surface area (Å²) < 4.78 is 0.634. The standard InChI is InChI=1S/C9H12BrNO2/c10-8-4-6(1-2-9(8)13)3-7(12)5-11/h1-2,4,7,12-13H,3,5,11H2. The van der Waals surface area contributed by atoms with Crippen molar-refractivity contribution in [2.75, 3.05) is 6.54 Å². The average Bonchev–Trinajstić information content (AvgIpc) is 2.11. The molecule has 0 aliphatic carbocycles. The predicted molar refractivity (Wildman–Crippen MR) is 54.6 cm³/mol. The first-order valence-electron chi connectivity index (χ1n) is 3.99. The molecule has 0 saturated heterocycles. The van der Waals surface area contributed by atoms with Gasteiger partial charge in [-0.15, -0.1) is 0 Å². The third-order valence-electron chi connectivity index (χ3n) is 1.76. The molecule has 0 aromatic heterocycles. The van der Waals surface area contributed by atoms with Crippen LogP contribution in [0.1, 0.15) is 5.56 Å². The van der Waals surface area contributed by atoms with Crippen molar-refractivity contribution in [3.8, 4) is 5.75 Å². The summed E-state index contributed by atoms with van der Waals surface area (Å²) in [6.45, 7) is 0.249. The Morgan fingerprint density at radius 1 is 1.46 bits per heavy atom. The zero-order valence-corrected chi connectivity index (χ0v) is 8.66. The number of rotatable bonds is 3. The van der Waals surface area contributed by atoms with Gasteiger partial charge in [-0.1, -0.05) is 6.07 Å². The van der Waals surface area contributed by atoms with Gasteiger partial charge in [0.15, 0.2) is 0 Å². The van der Waals surface area contributed by atoms with Crippen LogP contribution in [0.25, 0.3) is 0 Å². The third kappa shape index (κ3) is 2.99. The highest BCUT2D eigenvalue weighted by molar-refractivity contribution is 9.10. The highest BCUT2D eigenvalue weighted by atomic mass is 79.9. The first kappa shape index (κ1) is 10.5. The molecule has 0 fully saturated rings. The summed E-state index contributed by atoms with van der Waals surface area (Å²) in [4.78, 5) is 0. The molecule has 0 saturated carbocycles. The molecule has 1 aromatic rings. The van der Waals surface area contributed by atoms with Gasteiger partial charge in [0.25, 0.3) is 0 Å². The summed E-state index contributed by atoms with van der Waals surface area (Å²) in [5.74, 6) is 0.200. The Balaban J connectivity index is 2.73. The number of aliphatic hydroxyl groups excluding tert-OH is 1. The van der Waals surface area contributed by atoms with E-state index in [9.17, 15) is 10.2 Å². The summed E-state index contributed by atoms with van der Waals surface area (Å²) in [7, 11) is 0. The number of hydrogen-bond donors (Lipinski definition) is 3. The molecule has 1 atom stereocenters. The Morgan fingerprint density at radius 2 is 2.15 bits per heavy atom. The van der Waals surface area contributed by atoms with Crippen LogP contribution in [0.3, 0.4) is 0 Å². The van der Waals surface area contributed by atoms with Crippen LogP contribution < -0.4 is 5.73 Å². The van der Waals surface area contributed by atoms with Gasteiger partial charge >= 0.3 is 0 Å². The number of hydrogen-bond acceptors (Lipinski definition) is 3. The van der Waals surface area contributed by atoms with E-state index in [-0.39, 0.29) is 12.3 Å². The fourth-order valence-electron chi connectivity index (χ4n) is 1.03. The van der Waals surface area contributed by atoms with Gasteiger partial charge in [0.1, 0.15) is 5.75 Å². The van der Waals surface area contributed by atoms with Crippen molar-refractivity contribution >= 4 is 15.9 Å². The van der Waals surface area contributed by atoms with Crippen molar-refractivity contribution in [1.29, 1.82) is 0 Å². The van der Waals surface area contributed by atoms with E-state index in [0.717, 1.165) is 5.56 Å². The first-order chi connectivity index (χ1) is 6.13. The Hall–Kier alpha value is -0.580. The molecule has 4 heteroatoms. The van der Waals surface area contributed by atoms with Crippen LogP contribution in [0.15, 0.2) is 22.7 Å². The highest BCUT2D eigenvalue weighted by Gasteiger charge is 2.04. The molecule has 0 aliphatic rings. The molecule has 1 rings (SSSR count). The van der Waals surface area contributed by atoms with E-state index in [1.54, 1.807) is 18.2 Å². The normalized spacial score (nSPS) is 12.8. The Morgan fingerprint density at radius 3 is 2.69 bits per heavy atom. The molecular weight excluding hydrogens is 234 g/mol. The van der Waals surface area contributed by atoms with Crippen LogP contribution in [-0.4, -0.2) is 22.9 Å². The van der Waals surface area contributed by atoms with E-state index in [1.165, 1.54) is 0 Å². The lowest BCUT2D eigenvalue weighted by molar-refractivity contribution is 0.183. The summed E-state index contributed by atoms with van der Waals surface area (Å²) >= 11 is 3.19. The molecule has 0 bridgehead atoms. The molecule has 4 N–H and O–H groups in total.